The average molecular weight is 424 g/mol. The summed E-state index contributed by atoms with van der Waals surface area (Å²) in [4.78, 5) is 17.6. The minimum Gasteiger partial charge on any atom is -0.496 e. The highest BCUT2D eigenvalue weighted by Gasteiger charge is 2.26. The highest BCUT2D eigenvalue weighted by Crippen LogP contribution is 2.35. The van der Waals surface area contributed by atoms with Gasteiger partial charge in [-0.05, 0) is 33.1 Å². The van der Waals surface area contributed by atoms with Crippen molar-refractivity contribution in [2.24, 2.45) is 0 Å². The molecule has 0 aromatic heterocycles. The summed E-state index contributed by atoms with van der Waals surface area (Å²) in [5.41, 5.74) is 0.241. The van der Waals surface area contributed by atoms with Gasteiger partial charge >= 0.3 is 0 Å². The standard InChI is InChI=1S/C21H33N3O4S/c1-14(2)24(15(3)4)9-8-23-10-11-29-21(23)22-20(25)16-12-18(27-6)19(28-7)13-17(16)26-5/h10-15,21H,8-9H2,1-7H3,(H,22,25). The van der Waals surface area contributed by atoms with Gasteiger partial charge in [-0.1, -0.05) is 11.8 Å². The second-order valence-electron chi connectivity index (χ2n) is 7.32. The number of benzene rings is 1. The summed E-state index contributed by atoms with van der Waals surface area (Å²) in [6, 6.07) is 4.25. The summed E-state index contributed by atoms with van der Waals surface area (Å²) in [7, 11) is 4.62. The Morgan fingerprint density at radius 2 is 1.66 bits per heavy atom. The van der Waals surface area contributed by atoms with E-state index >= 15 is 0 Å². The Kier molecular flexibility index (Phi) is 8.52. The molecule has 0 radical (unpaired) electrons. The van der Waals surface area contributed by atoms with Crippen LogP contribution in [0.5, 0.6) is 17.2 Å². The van der Waals surface area contributed by atoms with Crippen molar-refractivity contribution >= 4 is 17.7 Å². The maximum Gasteiger partial charge on any atom is 0.257 e. The fraction of sp³-hybridized carbons (Fsp3) is 0.571. The SMILES string of the molecule is COc1cc(OC)c(C(=O)NC2SC=CN2CCN(C(C)C)C(C)C)cc1OC. The largest absolute Gasteiger partial charge is 0.496 e. The third kappa shape index (κ3) is 5.73. The fourth-order valence-corrected chi connectivity index (χ4v) is 4.28. The van der Waals surface area contributed by atoms with Crippen molar-refractivity contribution in [1.29, 1.82) is 0 Å². The first kappa shape index (κ1) is 23.2. The van der Waals surface area contributed by atoms with Gasteiger partial charge in [-0.2, -0.15) is 0 Å². The van der Waals surface area contributed by atoms with Gasteiger partial charge in [-0.3, -0.25) is 9.69 Å². The quantitative estimate of drug-likeness (QED) is 0.619. The molecule has 162 valence electrons. The lowest BCUT2D eigenvalue weighted by atomic mass is 10.1. The number of carbonyl (C=O) groups excluding carboxylic acids is 1. The van der Waals surface area contributed by atoms with Gasteiger partial charge in [0.1, 0.15) is 5.75 Å². The number of rotatable bonds is 10. The Bertz CT molecular complexity index is 716. The zero-order valence-electron chi connectivity index (χ0n) is 18.4. The lowest BCUT2D eigenvalue weighted by molar-refractivity contribution is 0.0912. The molecular weight excluding hydrogens is 390 g/mol. The van der Waals surface area contributed by atoms with E-state index in [0.29, 0.717) is 34.9 Å². The van der Waals surface area contributed by atoms with Crippen LogP contribution in [0.4, 0.5) is 0 Å². The van der Waals surface area contributed by atoms with Crippen LogP contribution >= 0.6 is 11.8 Å². The Labute approximate surface area is 178 Å². The summed E-state index contributed by atoms with van der Waals surface area (Å²) < 4.78 is 16.0. The minimum absolute atomic E-state index is 0.165. The zero-order valence-corrected chi connectivity index (χ0v) is 19.2. The highest BCUT2D eigenvalue weighted by atomic mass is 32.2. The van der Waals surface area contributed by atoms with Gasteiger partial charge in [0.25, 0.3) is 5.91 Å². The summed E-state index contributed by atoms with van der Waals surface area (Å²) in [6.45, 7) is 10.6. The molecule has 8 heteroatoms. The highest BCUT2D eigenvalue weighted by molar-refractivity contribution is 8.02. The molecule has 0 saturated carbocycles. The Hall–Kier alpha value is -2.06. The van der Waals surface area contributed by atoms with Crippen molar-refractivity contribution in [2.75, 3.05) is 34.4 Å². The van der Waals surface area contributed by atoms with Crippen LogP contribution in [-0.4, -0.2) is 67.7 Å². The van der Waals surface area contributed by atoms with Crippen LogP contribution in [0.25, 0.3) is 0 Å². The number of ether oxygens (including phenoxy) is 3. The second kappa shape index (κ2) is 10.6. The van der Waals surface area contributed by atoms with Crippen LogP contribution in [-0.2, 0) is 0 Å². The molecule has 0 bridgehead atoms. The number of nitrogens with one attached hydrogen (secondary N) is 1. The van der Waals surface area contributed by atoms with Crippen molar-refractivity contribution in [2.45, 2.75) is 45.3 Å². The maximum absolute atomic E-state index is 13.0. The summed E-state index contributed by atoms with van der Waals surface area (Å²) in [6.07, 6.45) is 2.03. The van der Waals surface area contributed by atoms with Crippen molar-refractivity contribution in [3.05, 3.63) is 29.3 Å². The fourth-order valence-electron chi connectivity index (χ4n) is 3.39. The Morgan fingerprint density at radius 3 is 2.21 bits per heavy atom. The molecule has 0 fully saturated rings. The molecule has 29 heavy (non-hydrogen) atoms. The van der Waals surface area contributed by atoms with E-state index in [4.69, 9.17) is 14.2 Å². The number of hydrogen-bond donors (Lipinski definition) is 1. The number of carbonyl (C=O) groups is 1. The zero-order chi connectivity index (χ0) is 21.6. The molecule has 1 amide bonds. The first-order valence-corrected chi connectivity index (χ1v) is 10.7. The average Bonchev–Trinajstić information content (AvgIpc) is 3.13. The third-order valence-electron chi connectivity index (χ3n) is 4.91. The molecule has 1 aliphatic heterocycles. The molecule has 0 spiro atoms. The molecule has 1 heterocycles. The van der Waals surface area contributed by atoms with E-state index in [1.807, 2.05) is 11.6 Å². The summed E-state index contributed by atoms with van der Waals surface area (Å²) in [5, 5.41) is 5.09. The minimum atomic E-state index is -0.224. The topological polar surface area (TPSA) is 63.3 Å². The molecule has 0 saturated heterocycles. The van der Waals surface area contributed by atoms with Crippen molar-refractivity contribution in [1.82, 2.24) is 15.1 Å². The predicted octanol–water partition coefficient (Wildman–Crippen LogP) is 3.36. The van der Waals surface area contributed by atoms with Crippen LogP contribution < -0.4 is 19.5 Å². The summed E-state index contributed by atoms with van der Waals surface area (Å²) in [5.74, 6) is 1.21. The van der Waals surface area contributed by atoms with E-state index in [1.165, 1.54) is 7.11 Å². The number of thioether (sulfide) groups is 1. The van der Waals surface area contributed by atoms with Gasteiger partial charge < -0.3 is 24.4 Å². The van der Waals surface area contributed by atoms with Crippen LogP contribution in [0.3, 0.4) is 0 Å². The molecule has 1 aromatic rings. The van der Waals surface area contributed by atoms with E-state index in [2.05, 4.69) is 42.8 Å². The van der Waals surface area contributed by atoms with E-state index in [1.54, 1.807) is 38.1 Å². The van der Waals surface area contributed by atoms with Gasteiger partial charge in [-0.15, -0.1) is 0 Å². The first-order chi connectivity index (χ1) is 13.8. The molecule has 1 unspecified atom stereocenters. The van der Waals surface area contributed by atoms with Crippen LogP contribution in [0, 0.1) is 0 Å². The van der Waals surface area contributed by atoms with Gasteiger partial charge in [-0.25, -0.2) is 0 Å². The van der Waals surface area contributed by atoms with Crippen molar-refractivity contribution in [3.8, 4) is 17.2 Å². The van der Waals surface area contributed by atoms with Gasteiger partial charge in [0.2, 0.25) is 0 Å². The normalized spacial score (nSPS) is 16.1. The lowest BCUT2D eigenvalue weighted by Crippen LogP contribution is -2.46. The number of nitrogens with zero attached hydrogens (tertiary/aromatic N) is 2. The molecule has 1 N–H and O–H groups in total. The molecule has 7 nitrogen and oxygen atoms in total. The number of methoxy groups -OCH3 is 3. The molecule has 1 aliphatic rings. The van der Waals surface area contributed by atoms with Crippen LogP contribution in [0.2, 0.25) is 0 Å². The first-order valence-electron chi connectivity index (χ1n) is 9.76. The maximum atomic E-state index is 13.0. The molecular formula is C21H33N3O4S. The van der Waals surface area contributed by atoms with Crippen LogP contribution in [0.15, 0.2) is 23.7 Å². The predicted molar refractivity (Wildman–Crippen MR) is 118 cm³/mol. The molecule has 1 atom stereocenters. The number of amides is 1. The van der Waals surface area contributed by atoms with Gasteiger partial charge in [0.05, 0.1) is 26.9 Å². The Morgan fingerprint density at radius 1 is 1.07 bits per heavy atom. The lowest BCUT2D eigenvalue weighted by Gasteiger charge is -2.34. The molecule has 2 rings (SSSR count). The second-order valence-corrected chi connectivity index (χ2v) is 8.31. The van der Waals surface area contributed by atoms with E-state index < -0.39 is 0 Å². The van der Waals surface area contributed by atoms with Crippen molar-refractivity contribution in [3.63, 3.8) is 0 Å². The molecule has 1 aromatic carbocycles. The van der Waals surface area contributed by atoms with Gasteiger partial charge in [0, 0.05) is 43.5 Å². The van der Waals surface area contributed by atoms with E-state index in [-0.39, 0.29) is 11.4 Å². The monoisotopic (exact) mass is 423 g/mol. The van der Waals surface area contributed by atoms with Crippen molar-refractivity contribution < 1.29 is 19.0 Å². The van der Waals surface area contributed by atoms with Gasteiger partial charge in [0.15, 0.2) is 17.0 Å². The summed E-state index contributed by atoms with van der Waals surface area (Å²) >= 11 is 1.57. The molecule has 0 aliphatic carbocycles. The third-order valence-corrected chi connectivity index (χ3v) is 5.83. The van der Waals surface area contributed by atoms with E-state index in [0.717, 1.165) is 13.1 Å². The number of hydrogen-bond acceptors (Lipinski definition) is 7. The smallest absolute Gasteiger partial charge is 0.257 e. The van der Waals surface area contributed by atoms with E-state index in [9.17, 15) is 4.79 Å². The van der Waals surface area contributed by atoms with Crippen LogP contribution in [0.1, 0.15) is 38.1 Å². The Balaban J connectivity index is 2.10.